The minimum Gasteiger partial charge on any atom is -0.380 e. The van der Waals surface area contributed by atoms with Crippen LogP contribution in [-0.4, -0.2) is 59.0 Å². The molecule has 0 amide bonds. The van der Waals surface area contributed by atoms with Gasteiger partial charge in [-0.15, -0.1) is 0 Å². The minimum absolute atomic E-state index is 0.137. The van der Waals surface area contributed by atoms with Gasteiger partial charge in [0.15, 0.2) is 0 Å². The number of morpholine rings is 1. The van der Waals surface area contributed by atoms with Crippen LogP contribution in [0.3, 0.4) is 0 Å². The summed E-state index contributed by atoms with van der Waals surface area (Å²) in [6.45, 7) is 4.23. The lowest BCUT2D eigenvalue weighted by atomic mass is 9.92. The average Bonchev–Trinajstić information content (AvgIpc) is 3.17. The van der Waals surface area contributed by atoms with Gasteiger partial charge in [-0.3, -0.25) is 4.90 Å². The van der Waals surface area contributed by atoms with E-state index in [2.05, 4.69) is 20.4 Å². The maximum atomic E-state index is 10.6. The molecule has 3 aliphatic heterocycles. The van der Waals surface area contributed by atoms with Gasteiger partial charge in [0.25, 0.3) is 5.89 Å². The summed E-state index contributed by atoms with van der Waals surface area (Å²) in [4.78, 5) is 6.88. The Balaban J connectivity index is 1.49. The fourth-order valence-electron chi connectivity index (χ4n) is 3.58. The summed E-state index contributed by atoms with van der Waals surface area (Å²) in [7, 11) is 0. The molecule has 116 valence electrons. The summed E-state index contributed by atoms with van der Waals surface area (Å²) >= 11 is 0. The predicted octanol–water partition coefficient (Wildman–Crippen LogP) is 0.176. The van der Waals surface area contributed by atoms with Gasteiger partial charge in [0.2, 0.25) is 5.82 Å². The SMILES string of the molecule is OC1(c2nc(C3CN4CCCC4CO3)no2)CCNCC1. The van der Waals surface area contributed by atoms with Crippen LogP contribution < -0.4 is 5.32 Å². The number of fused-ring (bicyclic) bond motifs is 1. The molecule has 4 heterocycles. The van der Waals surface area contributed by atoms with Gasteiger partial charge >= 0.3 is 0 Å². The molecular weight excluding hydrogens is 272 g/mol. The van der Waals surface area contributed by atoms with Gasteiger partial charge in [0, 0.05) is 12.6 Å². The molecule has 0 radical (unpaired) electrons. The smallest absolute Gasteiger partial charge is 0.258 e. The maximum absolute atomic E-state index is 10.6. The van der Waals surface area contributed by atoms with Crippen molar-refractivity contribution in [1.29, 1.82) is 0 Å². The van der Waals surface area contributed by atoms with Crippen LogP contribution >= 0.6 is 0 Å². The van der Waals surface area contributed by atoms with E-state index in [9.17, 15) is 5.11 Å². The topological polar surface area (TPSA) is 83.7 Å². The zero-order valence-corrected chi connectivity index (χ0v) is 12.1. The third-order valence-corrected chi connectivity index (χ3v) is 4.95. The summed E-state index contributed by atoms with van der Waals surface area (Å²) in [5, 5.41) is 17.9. The molecule has 0 aromatic carbocycles. The van der Waals surface area contributed by atoms with E-state index in [4.69, 9.17) is 9.26 Å². The van der Waals surface area contributed by atoms with Crippen LogP contribution in [0.25, 0.3) is 0 Å². The van der Waals surface area contributed by atoms with Gasteiger partial charge in [-0.05, 0) is 45.3 Å². The average molecular weight is 294 g/mol. The zero-order chi connectivity index (χ0) is 14.3. The van der Waals surface area contributed by atoms with Gasteiger partial charge in [-0.25, -0.2) is 0 Å². The van der Waals surface area contributed by atoms with Crippen LogP contribution in [0.4, 0.5) is 0 Å². The number of ether oxygens (including phenoxy) is 1. The van der Waals surface area contributed by atoms with Gasteiger partial charge < -0.3 is 19.7 Å². The molecule has 4 rings (SSSR count). The standard InChI is InChI=1S/C14H22N4O3/c19-14(3-5-15-6-4-14)13-16-12(17-21-13)11-8-18-7-1-2-10(18)9-20-11/h10-11,15,19H,1-9H2. The summed E-state index contributed by atoms with van der Waals surface area (Å²) in [5.74, 6) is 0.911. The first-order chi connectivity index (χ1) is 10.2. The Labute approximate surface area is 123 Å². The normalized spacial score (nSPS) is 33.0. The van der Waals surface area contributed by atoms with Crippen molar-refractivity contribution in [3.05, 3.63) is 11.7 Å². The van der Waals surface area contributed by atoms with E-state index in [1.165, 1.54) is 12.8 Å². The number of rotatable bonds is 2. The van der Waals surface area contributed by atoms with Crippen molar-refractivity contribution >= 4 is 0 Å². The number of aromatic nitrogens is 2. The molecule has 2 N–H and O–H groups in total. The largest absolute Gasteiger partial charge is 0.380 e. The Morgan fingerprint density at radius 1 is 1.33 bits per heavy atom. The Morgan fingerprint density at radius 2 is 2.19 bits per heavy atom. The number of nitrogens with one attached hydrogen (secondary N) is 1. The van der Waals surface area contributed by atoms with Crippen molar-refractivity contribution in [2.45, 2.75) is 43.4 Å². The van der Waals surface area contributed by atoms with Crippen molar-refractivity contribution < 1.29 is 14.4 Å². The minimum atomic E-state index is -0.985. The highest BCUT2D eigenvalue weighted by Gasteiger charge is 2.39. The highest BCUT2D eigenvalue weighted by atomic mass is 16.5. The monoisotopic (exact) mass is 294 g/mol. The summed E-state index contributed by atoms with van der Waals surface area (Å²) in [6.07, 6.45) is 3.53. The van der Waals surface area contributed by atoms with E-state index in [0.717, 1.165) is 32.8 Å². The molecule has 7 heteroatoms. The number of aliphatic hydroxyl groups is 1. The molecule has 1 aromatic heterocycles. The predicted molar refractivity (Wildman–Crippen MR) is 73.6 cm³/mol. The molecule has 3 fully saturated rings. The van der Waals surface area contributed by atoms with Crippen LogP contribution in [0, 0.1) is 0 Å². The van der Waals surface area contributed by atoms with E-state index >= 15 is 0 Å². The molecule has 3 aliphatic rings. The second kappa shape index (κ2) is 5.31. The van der Waals surface area contributed by atoms with Gasteiger partial charge in [0.1, 0.15) is 11.7 Å². The number of nitrogens with zero attached hydrogens (tertiary/aromatic N) is 3. The van der Waals surface area contributed by atoms with E-state index < -0.39 is 5.60 Å². The van der Waals surface area contributed by atoms with Crippen molar-refractivity contribution in [2.75, 3.05) is 32.8 Å². The molecule has 3 saturated heterocycles. The van der Waals surface area contributed by atoms with E-state index in [0.29, 0.717) is 30.6 Å². The van der Waals surface area contributed by atoms with Gasteiger partial charge in [-0.2, -0.15) is 4.98 Å². The fraction of sp³-hybridized carbons (Fsp3) is 0.857. The van der Waals surface area contributed by atoms with Crippen molar-refractivity contribution in [2.24, 2.45) is 0 Å². The molecule has 0 spiro atoms. The third kappa shape index (κ3) is 2.48. The number of hydrogen-bond acceptors (Lipinski definition) is 7. The lowest BCUT2D eigenvalue weighted by molar-refractivity contribution is -0.0548. The molecular formula is C14H22N4O3. The number of hydrogen-bond donors (Lipinski definition) is 2. The molecule has 7 nitrogen and oxygen atoms in total. The summed E-state index contributed by atoms with van der Waals surface area (Å²) < 4.78 is 11.2. The Morgan fingerprint density at radius 3 is 3.05 bits per heavy atom. The van der Waals surface area contributed by atoms with E-state index in [1.807, 2.05) is 0 Å². The first kappa shape index (κ1) is 13.6. The second-order valence-corrected chi connectivity index (χ2v) is 6.35. The zero-order valence-electron chi connectivity index (χ0n) is 12.1. The first-order valence-corrected chi connectivity index (χ1v) is 7.87. The first-order valence-electron chi connectivity index (χ1n) is 7.87. The molecule has 0 aliphatic carbocycles. The quantitative estimate of drug-likeness (QED) is 0.804. The van der Waals surface area contributed by atoms with Gasteiger partial charge in [0.05, 0.1) is 6.61 Å². The molecule has 2 unspecified atom stereocenters. The molecule has 0 bridgehead atoms. The summed E-state index contributed by atoms with van der Waals surface area (Å²) in [6, 6.07) is 0.557. The molecule has 0 saturated carbocycles. The lowest BCUT2D eigenvalue weighted by Gasteiger charge is -2.33. The van der Waals surface area contributed by atoms with Crippen LogP contribution in [0.15, 0.2) is 4.52 Å². The van der Waals surface area contributed by atoms with Crippen molar-refractivity contribution in [3.63, 3.8) is 0 Å². The Kier molecular flexibility index (Phi) is 3.45. The van der Waals surface area contributed by atoms with Gasteiger partial charge in [-0.1, -0.05) is 5.16 Å². The fourth-order valence-corrected chi connectivity index (χ4v) is 3.58. The van der Waals surface area contributed by atoms with Crippen LogP contribution in [-0.2, 0) is 10.3 Å². The second-order valence-electron chi connectivity index (χ2n) is 6.35. The third-order valence-electron chi connectivity index (χ3n) is 4.95. The molecule has 1 aromatic rings. The van der Waals surface area contributed by atoms with Crippen molar-refractivity contribution in [3.8, 4) is 0 Å². The number of piperidine rings is 1. The Hall–Kier alpha value is -1.02. The Bertz CT molecular complexity index is 500. The highest BCUT2D eigenvalue weighted by molar-refractivity contribution is 5.04. The van der Waals surface area contributed by atoms with Crippen LogP contribution in [0.2, 0.25) is 0 Å². The lowest BCUT2D eigenvalue weighted by Crippen LogP contribution is -2.42. The maximum Gasteiger partial charge on any atom is 0.258 e. The molecule has 21 heavy (non-hydrogen) atoms. The van der Waals surface area contributed by atoms with Crippen LogP contribution in [0.1, 0.15) is 43.5 Å². The van der Waals surface area contributed by atoms with E-state index in [-0.39, 0.29) is 6.10 Å². The van der Waals surface area contributed by atoms with Crippen LogP contribution in [0.5, 0.6) is 0 Å². The molecule has 2 atom stereocenters. The van der Waals surface area contributed by atoms with E-state index in [1.54, 1.807) is 0 Å². The van der Waals surface area contributed by atoms with Crippen molar-refractivity contribution in [1.82, 2.24) is 20.4 Å². The highest BCUT2D eigenvalue weighted by Crippen LogP contribution is 2.32. The summed E-state index contributed by atoms with van der Waals surface area (Å²) in [5.41, 5.74) is -0.985.